The molecule has 0 aliphatic carbocycles. The Hall–Kier alpha value is -1.22. The molecule has 18 heavy (non-hydrogen) atoms. The second kappa shape index (κ2) is 4.81. The van der Waals surface area contributed by atoms with Gasteiger partial charge in [-0.1, -0.05) is 13.0 Å². The fourth-order valence-corrected chi connectivity index (χ4v) is 2.43. The first-order valence-electron chi connectivity index (χ1n) is 6.72. The third kappa shape index (κ3) is 2.96. The van der Waals surface area contributed by atoms with Crippen molar-refractivity contribution in [3.05, 3.63) is 23.8 Å². The molecule has 1 heterocycles. The molecule has 3 heteroatoms. The molecule has 100 valence electrons. The number of hydrogen-bond donors (Lipinski definition) is 1. The van der Waals surface area contributed by atoms with E-state index in [0.717, 1.165) is 25.3 Å². The number of fused-ring (bicyclic) bond motifs is 1. The van der Waals surface area contributed by atoms with Gasteiger partial charge in [-0.05, 0) is 44.9 Å². The van der Waals surface area contributed by atoms with Crippen LogP contribution >= 0.6 is 0 Å². The topological polar surface area (TPSA) is 38.5 Å². The highest BCUT2D eigenvalue weighted by molar-refractivity contribution is 5.62. The van der Waals surface area contributed by atoms with Crippen LogP contribution in [0.3, 0.4) is 0 Å². The van der Waals surface area contributed by atoms with Crippen LogP contribution in [0, 0.1) is 0 Å². The summed E-state index contributed by atoms with van der Waals surface area (Å²) in [5, 5.41) is 0. The van der Waals surface area contributed by atoms with Crippen molar-refractivity contribution in [1.82, 2.24) is 0 Å². The van der Waals surface area contributed by atoms with Crippen molar-refractivity contribution >= 4 is 5.69 Å². The maximum atomic E-state index is 6.16. The summed E-state index contributed by atoms with van der Waals surface area (Å²) < 4.78 is 5.89. The number of aryl methyl sites for hydroxylation is 1. The molecule has 0 radical (unpaired) electrons. The average molecular weight is 248 g/mol. The second-order valence-electron chi connectivity index (χ2n) is 5.95. The molecule has 0 amide bonds. The number of benzene rings is 1. The summed E-state index contributed by atoms with van der Waals surface area (Å²) >= 11 is 0. The Labute approximate surface area is 110 Å². The molecule has 0 saturated carbocycles. The summed E-state index contributed by atoms with van der Waals surface area (Å²) in [6, 6.07) is 6.45. The predicted octanol–water partition coefficient (Wildman–Crippen LogP) is 2.57. The van der Waals surface area contributed by atoms with Crippen molar-refractivity contribution in [3.63, 3.8) is 0 Å². The molecule has 3 nitrogen and oxygen atoms in total. The second-order valence-corrected chi connectivity index (χ2v) is 5.95. The Morgan fingerprint density at radius 1 is 1.44 bits per heavy atom. The van der Waals surface area contributed by atoms with E-state index in [-0.39, 0.29) is 11.6 Å². The zero-order chi connectivity index (χ0) is 13.3. The highest BCUT2D eigenvalue weighted by Gasteiger charge is 2.26. The van der Waals surface area contributed by atoms with Gasteiger partial charge >= 0.3 is 0 Å². The van der Waals surface area contributed by atoms with Crippen molar-refractivity contribution in [2.45, 2.75) is 45.8 Å². The van der Waals surface area contributed by atoms with Gasteiger partial charge in [0.15, 0.2) is 0 Å². The van der Waals surface area contributed by atoms with E-state index < -0.39 is 0 Å². The van der Waals surface area contributed by atoms with E-state index in [1.165, 1.54) is 11.3 Å². The van der Waals surface area contributed by atoms with Gasteiger partial charge in [0.05, 0.1) is 12.2 Å². The summed E-state index contributed by atoms with van der Waals surface area (Å²) in [4.78, 5) is 2.35. The molecule has 0 saturated heterocycles. The van der Waals surface area contributed by atoms with Gasteiger partial charge in [-0.15, -0.1) is 0 Å². The van der Waals surface area contributed by atoms with Gasteiger partial charge in [0.2, 0.25) is 0 Å². The lowest BCUT2D eigenvalue weighted by Crippen LogP contribution is -2.49. The van der Waals surface area contributed by atoms with Gasteiger partial charge in [0, 0.05) is 12.1 Å². The molecule has 1 unspecified atom stereocenters. The molecule has 1 aliphatic rings. The minimum Gasteiger partial charge on any atom is -0.487 e. The van der Waals surface area contributed by atoms with Gasteiger partial charge in [-0.2, -0.15) is 0 Å². The lowest BCUT2D eigenvalue weighted by atomic mass is 10.0. The molecule has 0 fully saturated rings. The standard InChI is InChI=1S/C15H24N2O/c1-5-12-6-7-14-13(8-12)17(9-11(2)18-14)10-15(3,4)16/h6-8,11H,5,9-10,16H2,1-4H3. The molecular formula is C15H24N2O. The van der Waals surface area contributed by atoms with E-state index in [1.807, 2.05) is 0 Å². The van der Waals surface area contributed by atoms with Crippen LogP contribution in [0.5, 0.6) is 5.75 Å². The van der Waals surface area contributed by atoms with Crippen molar-refractivity contribution < 1.29 is 4.74 Å². The lowest BCUT2D eigenvalue weighted by molar-refractivity contribution is 0.210. The minimum absolute atomic E-state index is 0.198. The van der Waals surface area contributed by atoms with Gasteiger partial charge in [-0.3, -0.25) is 0 Å². The summed E-state index contributed by atoms with van der Waals surface area (Å²) in [7, 11) is 0. The largest absolute Gasteiger partial charge is 0.487 e. The van der Waals surface area contributed by atoms with E-state index in [0.29, 0.717) is 0 Å². The van der Waals surface area contributed by atoms with Crippen molar-refractivity contribution in [3.8, 4) is 5.75 Å². The molecule has 1 aromatic carbocycles. The molecule has 1 atom stereocenters. The maximum Gasteiger partial charge on any atom is 0.143 e. The minimum atomic E-state index is -0.198. The SMILES string of the molecule is CCc1ccc2c(c1)N(CC(C)(C)N)CC(C)O2. The molecule has 1 aliphatic heterocycles. The van der Waals surface area contributed by atoms with Gasteiger partial charge in [-0.25, -0.2) is 0 Å². The Kier molecular flexibility index (Phi) is 3.53. The number of nitrogens with zero attached hydrogens (tertiary/aromatic N) is 1. The van der Waals surface area contributed by atoms with Crippen LogP contribution in [0.1, 0.15) is 33.3 Å². The van der Waals surface area contributed by atoms with E-state index in [4.69, 9.17) is 10.5 Å². The van der Waals surface area contributed by atoms with Crippen LogP contribution in [-0.2, 0) is 6.42 Å². The number of hydrogen-bond acceptors (Lipinski definition) is 3. The van der Waals surface area contributed by atoms with Gasteiger partial charge in [0.1, 0.15) is 11.9 Å². The molecule has 0 spiro atoms. The molecule has 2 rings (SSSR count). The van der Waals surface area contributed by atoms with E-state index in [1.54, 1.807) is 0 Å². The Bertz CT molecular complexity index is 423. The van der Waals surface area contributed by atoms with Crippen molar-refractivity contribution in [2.75, 3.05) is 18.0 Å². The normalized spacial score (nSPS) is 19.4. The molecule has 1 aromatic rings. The maximum absolute atomic E-state index is 6.16. The summed E-state index contributed by atoms with van der Waals surface area (Å²) in [6.07, 6.45) is 1.26. The quantitative estimate of drug-likeness (QED) is 0.893. The van der Waals surface area contributed by atoms with Gasteiger partial charge in [0.25, 0.3) is 0 Å². The van der Waals surface area contributed by atoms with E-state index in [2.05, 4.69) is 50.8 Å². The molecular weight excluding hydrogens is 224 g/mol. The molecule has 0 aromatic heterocycles. The third-order valence-corrected chi connectivity index (χ3v) is 3.18. The van der Waals surface area contributed by atoms with Crippen LogP contribution in [-0.4, -0.2) is 24.7 Å². The first-order chi connectivity index (χ1) is 8.39. The van der Waals surface area contributed by atoms with Gasteiger partial charge < -0.3 is 15.4 Å². The number of ether oxygens (including phenoxy) is 1. The Morgan fingerprint density at radius 3 is 2.78 bits per heavy atom. The number of anilines is 1. The highest BCUT2D eigenvalue weighted by Crippen LogP contribution is 2.34. The average Bonchev–Trinajstić information content (AvgIpc) is 2.26. The molecule has 2 N–H and O–H groups in total. The first kappa shape index (κ1) is 13.2. The van der Waals surface area contributed by atoms with Crippen LogP contribution in [0.15, 0.2) is 18.2 Å². The van der Waals surface area contributed by atoms with Crippen molar-refractivity contribution in [2.24, 2.45) is 5.73 Å². The third-order valence-electron chi connectivity index (χ3n) is 3.18. The lowest BCUT2D eigenvalue weighted by Gasteiger charge is -2.38. The zero-order valence-corrected chi connectivity index (χ0v) is 11.9. The first-order valence-corrected chi connectivity index (χ1v) is 6.72. The summed E-state index contributed by atoms with van der Waals surface area (Å²) in [6.45, 7) is 10.2. The van der Waals surface area contributed by atoms with Crippen LogP contribution < -0.4 is 15.4 Å². The fourth-order valence-electron chi connectivity index (χ4n) is 2.43. The van der Waals surface area contributed by atoms with E-state index >= 15 is 0 Å². The Balaban J connectivity index is 2.33. The van der Waals surface area contributed by atoms with Crippen LogP contribution in [0.2, 0.25) is 0 Å². The fraction of sp³-hybridized carbons (Fsp3) is 0.600. The van der Waals surface area contributed by atoms with Crippen molar-refractivity contribution in [1.29, 1.82) is 0 Å². The monoisotopic (exact) mass is 248 g/mol. The Morgan fingerprint density at radius 2 is 2.17 bits per heavy atom. The summed E-state index contributed by atoms with van der Waals surface area (Å²) in [5.41, 5.74) is 8.48. The predicted molar refractivity (Wildman–Crippen MR) is 76.4 cm³/mol. The molecule has 0 bridgehead atoms. The smallest absolute Gasteiger partial charge is 0.143 e. The number of rotatable bonds is 3. The van der Waals surface area contributed by atoms with Crippen LogP contribution in [0.4, 0.5) is 5.69 Å². The van der Waals surface area contributed by atoms with E-state index in [9.17, 15) is 0 Å². The number of nitrogens with two attached hydrogens (primary N) is 1. The zero-order valence-electron chi connectivity index (χ0n) is 11.9. The highest BCUT2D eigenvalue weighted by atomic mass is 16.5. The summed E-state index contributed by atoms with van der Waals surface area (Å²) in [5.74, 6) is 0.982. The van der Waals surface area contributed by atoms with Crippen LogP contribution in [0.25, 0.3) is 0 Å².